The maximum absolute atomic E-state index is 12.7. The molecular formula is C48H85NO9P+. The number of esters is 2. The number of ether oxygens (including phenoxy) is 3. The molecule has 1 heterocycles. The molecule has 10 nitrogen and oxygen atoms in total. The number of quaternary nitrogens is 1. The molecule has 0 aliphatic carbocycles. The molecule has 1 rings (SSSR count). The third-order valence-electron chi connectivity index (χ3n) is 9.94. The number of phosphoric ester groups is 1. The highest BCUT2D eigenvalue weighted by Crippen LogP contribution is 2.43. The molecule has 0 saturated carbocycles. The van der Waals surface area contributed by atoms with Gasteiger partial charge in [0.05, 0.1) is 40.0 Å². The Hall–Kier alpha value is -2.33. The number of unbranched alkanes of at least 4 members (excludes halogenated alkanes) is 13. The molecule has 11 heteroatoms. The van der Waals surface area contributed by atoms with Gasteiger partial charge in [-0.2, -0.15) is 0 Å². The first-order chi connectivity index (χ1) is 28.5. The van der Waals surface area contributed by atoms with E-state index in [0.29, 0.717) is 36.1 Å². The molecule has 0 aromatic heterocycles. The second kappa shape index (κ2) is 36.3. The van der Waals surface area contributed by atoms with Crippen LogP contribution in [0.2, 0.25) is 0 Å². The van der Waals surface area contributed by atoms with E-state index in [0.717, 1.165) is 57.8 Å². The van der Waals surface area contributed by atoms with E-state index in [1.54, 1.807) is 0 Å². The van der Waals surface area contributed by atoms with Crippen LogP contribution in [-0.4, -0.2) is 87.1 Å². The van der Waals surface area contributed by atoms with Crippen molar-refractivity contribution in [3.05, 3.63) is 60.8 Å². The molecule has 4 atom stereocenters. The lowest BCUT2D eigenvalue weighted by Gasteiger charge is -2.24. The quantitative estimate of drug-likeness (QED) is 0.0160. The molecule has 0 radical (unpaired) electrons. The number of hydrogen-bond acceptors (Lipinski definition) is 8. The van der Waals surface area contributed by atoms with Gasteiger partial charge in [-0.1, -0.05) is 139 Å². The Bertz CT molecular complexity index is 1260. The Kier molecular flexibility index (Phi) is 33.7. The van der Waals surface area contributed by atoms with Gasteiger partial charge >= 0.3 is 19.8 Å². The lowest BCUT2D eigenvalue weighted by Crippen LogP contribution is -2.37. The van der Waals surface area contributed by atoms with Crippen LogP contribution < -0.4 is 0 Å². The normalized spacial score (nSPS) is 17.5. The van der Waals surface area contributed by atoms with Crippen molar-refractivity contribution in [3.8, 4) is 0 Å². The number of rotatable bonds is 40. The fourth-order valence-corrected chi connectivity index (χ4v) is 6.93. The number of likely N-dealkylation sites (N-methyl/N-ethyl adjacent to an activating group) is 1. The highest BCUT2D eigenvalue weighted by molar-refractivity contribution is 7.47. The molecular weight excluding hydrogens is 765 g/mol. The van der Waals surface area contributed by atoms with Crippen molar-refractivity contribution in [3.63, 3.8) is 0 Å². The van der Waals surface area contributed by atoms with E-state index in [1.807, 2.05) is 27.2 Å². The van der Waals surface area contributed by atoms with Gasteiger partial charge in [0.2, 0.25) is 0 Å². The minimum atomic E-state index is -4.40. The van der Waals surface area contributed by atoms with Crippen LogP contribution in [-0.2, 0) is 37.4 Å². The van der Waals surface area contributed by atoms with Crippen molar-refractivity contribution < 1.29 is 46.8 Å². The number of nitrogens with zero attached hydrogens (tertiary/aromatic N) is 1. The third-order valence-corrected chi connectivity index (χ3v) is 10.9. The van der Waals surface area contributed by atoms with E-state index in [1.165, 1.54) is 70.6 Å². The van der Waals surface area contributed by atoms with E-state index in [4.69, 9.17) is 23.3 Å². The van der Waals surface area contributed by atoms with E-state index < -0.39 is 32.5 Å². The van der Waals surface area contributed by atoms with Crippen molar-refractivity contribution in [2.24, 2.45) is 0 Å². The van der Waals surface area contributed by atoms with Crippen LogP contribution in [0.15, 0.2) is 60.8 Å². The molecule has 0 aromatic carbocycles. The van der Waals surface area contributed by atoms with Gasteiger partial charge in [0.15, 0.2) is 6.10 Å². The van der Waals surface area contributed by atoms with Crippen LogP contribution in [0.3, 0.4) is 0 Å². The minimum absolute atomic E-state index is 0.0155. The average Bonchev–Trinajstić information content (AvgIpc) is 3.94. The predicted octanol–water partition coefficient (Wildman–Crippen LogP) is 12.2. The van der Waals surface area contributed by atoms with Crippen molar-refractivity contribution in [2.45, 2.75) is 186 Å². The van der Waals surface area contributed by atoms with Gasteiger partial charge in [-0.05, 0) is 77.0 Å². The van der Waals surface area contributed by atoms with Crippen LogP contribution in [0, 0.1) is 0 Å². The number of carbonyl (C=O) groups excluding carboxylic acids is 2. The first-order valence-corrected chi connectivity index (χ1v) is 24.6. The minimum Gasteiger partial charge on any atom is -0.462 e. The molecule has 340 valence electrons. The summed E-state index contributed by atoms with van der Waals surface area (Å²) in [4.78, 5) is 35.4. The number of epoxide rings is 1. The summed E-state index contributed by atoms with van der Waals surface area (Å²) in [7, 11) is 1.42. The lowest BCUT2D eigenvalue weighted by molar-refractivity contribution is -0.870. The molecule has 1 fully saturated rings. The highest BCUT2D eigenvalue weighted by Gasteiger charge is 2.36. The SMILES string of the molecule is CCCCC/C=C\C/C=C\CCCCCCCCCC(=O)OC[C@H](COP(=O)(O)OCC[N+](C)(C)C)OC(=O)CCC/C=C\C/C=C\C/C=C\CC1OC1CCCCC. The molecule has 3 unspecified atom stereocenters. The van der Waals surface area contributed by atoms with Gasteiger partial charge in [0.25, 0.3) is 0 Å². The van der Waals surface area contributed by atoms with Crippen molar-refractivity contribution in [1.29, 1.82) is 0 Å². The maximum atomic E-state index is 12.7. The Morgan fingerprint density at radius 2 is 1.15 bits per heavy atom. The zero-order valence-electron chi connectivity index (χ0n) is 37.9. The van der Waals surface area contributed by atoms with Crippen molar-refractivity contribution in [1.82, 2.24) is 0 Å². The molecule has 0 aromatic rings. The summed E-state index contributed by atoms with van der Waals surface area (Å²) in [5.41, 5.74) is 0. The zero-order chi connectivity index (χ0) is 43.3. The molecule has 1 aliphatic heterocycles. The maximum Gasteiger partial charge on any atom is 0.472 e. The summed E-state index contributed by atoms with van der Waals surface area (Å²) in [6, 6.07) is 0. The smallest absolute Gasteiger partial charge is 0.462 e. The Morgan fingerprint density at radius 1 is 0.627 bits per heavy atom. The summed E-state index contributed by atoms with van der Waals surface area (Å²) >= 11 is 0. The predicted molar refractivity (Wildman–Crippen MR) is 242 cm³/mol. The second-order valence-electron chi connectivity index (χ2n) is 16.8. The molecule has 0 amide bonds. The van der Waals surface area contributed by atoms with Crippen LogP contribution in [0.1, 0.15) is 168 Å². The van der Waals surface area contributed by atoms with Gasteiger partial charge in [0.1, 0.15) is 19.8 Å². The summed E-state index contributed by atoms with van der Waals surface area (Å²) in [6.45, 7) is 4.28. The average molecular weight is 851 g/mol. The van der Waals surface area contributed by atoms with Gasteiger partial charge < -0.3 is 23.6 Å². The van der Waals surface area contributed by atoms with E-state index in [9.17, 15) is 19.0 Å². The van der Waals surface area contributed by atoms with E-state index in [-0.39, 0.29) is 26.1 Å². The Morgan fingerprint density at radius 3 is 1.78 bits per heavy atom. The third kappa shape index (κ3) is 37.2. The summed E-state index contributed by atoms with van der Waals surface area (Å²) < 4.78 is 40.0. The summed E-state index contributed by atoms with van der Waals surface area (Å²) in [5, 5.41) is 0. The molecule has 1 N–H and O–H groups in total. The van der Waals surface area contributed by atoms with Gasteiger partial charge in [-0.3, -0.25) is 18.6 Å². The number of allylic oxidation sites excluding steroid dienone is 9. The Labute approximate surface area is 360 Å². The first kappa shape index (κ1) is 54.7. The number of carbonyl (C=O) groups is 2. The molecule has 59 heavy (non-hydrogen) atoms. The van der Waals surface area contributed by atoms with Gasteiger partial charge in [-0.25, -0.2) is 4.57 Å². The summed E-state index contributed by atoms with van der Waals surface area (Å²) in [6.07, 6.45) is 45.9. The van der Waals surface area contributed by atoms with Gasteiger partial charge in [-0.15, -0.1) is 0 Å². The molecule has 1 aliphatic rings. The number of hydrogen-bond donors (Lipinski definition) is 1. The van der Waals surface area contributed by atoms with Gasteiger partial charge in [0, 0.05) is 12.8 Å². The van der Waals surface area contributed by atoms with Crippen LogP contribution in [0.25, 0.3) is 0 Å². The van der Waals surface area contributed by atoms with E-state index in [2.05, 4.69) is 68.5 Å². The summed E-state index contributed by atoms with van der Waals surface area (Å²) in [5.74, 6) is -0.881. The highest BCUT2D eigenvalue weighted by atomic mass is 31.2. The van der Waals surface area contributed by atoms with Crippen LogP contribution in [0.4, 0.5) is 0 Å². The molecule has 0 bridgehead atoms. The topological polar surface area (TPSA) is 121 Å². The fraction of sp³-hybridized carbons (Fsp3) is 0.750. The Balaban J connectivity index is 2.31. The largest absolute Gasteiger partial charge is 0.472 e. The molecule has 0 spiro atoms. The fourth-order valence-electron chi connectivity index (χ4n) is 6.19. The lowest BCUT2D eigenvalue weighted by atomic mass is 10.1. The van der Waals surface area contributed by atoms with Crippen molar-refractivity contribution in [2.75, 3.05) is 47.5 Å². The first-order valence-electron chi connectivity index (χ1n) is 23.1. The second-order valence-corrected chi connectivity index (χ2v) is 18.3. The van der Waals surface area contributed by atoms with Crippen LogP contribution >= 0.6 is 7.82 Å². The number of phosphoric acid groups is 1. The monoisotopic (exact) mass is 851 g/mol. The van der Waals surface area contributed by atoms with Crippen LogP contribution in [0.5, 0.6) is 0 Å². The molecule has 1 saturated heterocycles. The van der Waals surface area contributed by atoms with E-state index >= 15 is 0 Å². The van der Waals surface area contributed by atoms with Crippen molar-refractivity contribution >= 4 is 19.8 Å². The standard InChI is InChI=1S/C48H84NO9P/c1-6-8-10-11-12-13-14-15-16-17-18-19-20-24-27-30-34-38-47(50)54-42-44(43-56-59(52,53)55-41-40-49(3,4)5)57-48(51)39-35-31-28-25-22-21-23-26-29-33-37-46-45(58-46)36-32-9-7-2/h12-13,15-16,21,23,25,28-29,33,44-46H,6-11,14,17-20,22,24,26-27,30-32,34-43H2,1-5H3/p+1/b13-12-,16-15-,23-21-,28-25-,33-29-/t44-,45?,46?/m1/s1. The zero-order valence-corrected chi connectivity index (χ0v) is 38.8.